The zero-order chi connectivity index (χ0) is 23.5. The number of amides is 1. The minimum atomic E-state index is -0.855. The Hall–Kier alpha value is -4.18. The fourth-order valence-corrected chi connectivity index (χ4v) is 3.86. The molecule has 168 valence electrons. The van der Waals surface area contributed by atoms with Crippen LogP contribution in [0.25, 0.3) is 33.7 Å². The number of para-hydroxylation sites is 2. The van der Waals surface area contributed by atoms with Crippen LogP contribution in [0.5, 0.6) is 0 Å². The Morgan fingerprint density at radius 2 is 1.74 bits per heavy atom. The molecule has 0 radical (unpaired) electrons. The van der Waals surface area contributed by atoms with E-state index < -0.39 is 23.2 Å². The Morgan fingerprint density at radius 1 is 0.941 bits per heavy atom. The molecular formula is C24H15F2N5O2S. The molecule has 0 aliphatic heterocycles. The third-order valence-corrected chi connectivity index (χ3v) is 5.65. The number of nitrogens with one attached hydrogen (secondary N) is 1. The number of halogens is 2. The second-order valence-electron chi connectivity index (χ2n) is 7.09. The van der Waals surface area contributed by atoms with Crippen molar-refractivity contribution in [3.8, 4) is 22.8 Å². The summed E-state index contributed by atoms with van der Waals surface area (Å²) in [5.74, 6) is -2.25. The van der Waals surface area contributed by atoms with Crippen LogP contribution >= 0.6 is 11.8 Å². The van der Waals surface area contributed by atoms with E-state index >= 15 is 0 Å². The van der Waals surface area contributed by atoms with Crippen molar-refractivity contribution in [3.05, 3.63) is 84.6 Å². The van der Waals surface area contributed by atoms with E-state index in [0.29, 0.717) is 17.0 Å². The molecular weight excluding hydrogens is 460 g/mol. The first-order chi connectivity index (χ1) is 16.6. The van der Waals surface area contributed by atoms with Gasteiger partial charge in [0, 0.05) is 11.6 Å². The van der Waals surface area contributed by atoms with Crippen LogP contribution in [-0.4, -0.2) is 31.8 Å². The Kier molecular flexibility index (Phi) is 5.96. The molecule has 0 aliphatic carbocycles. The highest BCUT2D eigenvalue weighted by molar-refractivity contribution is 7.99. The Labute approximate surface area is 196 Å². The predicted molar refractivity (Wildman–Crippen MR) is 124 cm³/mol. The molecule has 5 rings (SSSR count). The van der Waals surface area contributed by atoms with Crippen LogP contribution in [0.3, 0.4) is 0 Å². The molecule has 0 fully saturated rings. The zero-order valence-electron chi connectivity index (χ0n) is 17.4. The number of carbonyl (C=O) groups excluding carboxylic acids is 1. The highest BCUT2D eigenvalue weighted by atomic mass is 32.2. The molecule has 34 heavy (non-hydrogen) atoms. The van der Waals surface area contributed by atoms with Crippen LogP contribution in [0.2, 0.25) is 0 Å². The predicted octanol–water partition coefficient (Wildman–Crippen LogP) is 5.36. The Bertz CT molecular complexity index is 1470. The van der Waals surface area contributed by atoms with Gasteiger partial charge in [-0.2, -0.15) is 0 Å². The van der Waals surface area contributed by atoms with Crippen LogP contribution in [0.1, 0.15) is 0 Å². The number of nitrogens with zero attached hydrogens (tertiary/aromatic N) is 4. The summed E-state index contributed by atoms with van der Waals surface area (Å²) in [6.45, 7) is 0. The van der Waals surface area contributed by atoms with E-state index in [1.165, 1.54) is 6.07 Å². The van der Waals surface area contributed by atoms with E-state index in [9.17, 15) is 13.6 Å². The molecule has 1 amide bonds. The smallest absolute Gasteiger partial charge is 0.277 e. The summed E-state index contributed by atoms with van der Waals surface area (Å²) in [5, 5.41) is 11.3. The van der Waals surface area contributed by atoms with Gasteiger partial charge in [0.25, 0.3) is 5.22 Å². The van der Waals surface area contributed by atoms with Gasteiger partial charge < -0.3 is 9.73 Å². The molecule has 0 atom stereocenters. The van der Waals surface area contributed by atoms with Gasteiger partial charge in [0.15, 0.2) is 0 Å². The van der Waals surface area contributed by atoms with Gasteiger partial charge in [-0.1, -0.05) is 42.1 Å². The number of carbonyl (C=O) groups is 1. The molecule has 0 saturated heterocycles. The SMILES string of the molecule is O=C(CSc1nnc(-c2cc(-c3ccccn3)nc3ccccc23)o1)Nc1c(F)cccc1F. The molecule has 3 heterocycles. The molecule has 1 N–H and O–H groups in total. The maximum Gasteiger partial charge on any atom is 0.277 e. The summed E-state index contributed by atoms with van der Waals surface area (Å²) in [6.07, 6.45) is 1.69. The molecule has 3 aromatic heterocycles. The third-order valence-electron chi connectivity index (χ3n) is 4.83. The normalized spacial score (nSPS) is 11.0. The standard InChI is InChI=1S/C24H15F2N5O2S/c25-16-7-5-8-17(26)22(16)29-21(32)13-34-24-31-30-23(33-24)15-12-20(19-10-3-4-11-27-19)28-18-9-2-1-6-14(15)18/h1-12H,13H2,(H,29,32). The number of anilines is 1. The summed E-state index contributed by atoms with van der Waals surface area (Å²) in [4.78, 5) is 21.2. The van der Waals surface area contributed by atoms with Gasteiger partial charge in [0.05, 0.1) is 28.2 Å². The maximum atomic E-state index is 13.7. The minimum Gasteiger partial charge on any atom is -0.411 e. The van der Waals surface area contributed by atoms with Crippen LogP contribution in [0.15, 0.2) is 82.6 Å². The number of fused-ring (bicyclic) bond motifs is 1. The Balaban J connectivity index is 1.38. The largest absolute Gasteiger partial charge is 0.411 e. The van der Waals surface area contributed by atoms with E-state index in [-0.39, 0.29) is 16.9 Å². The van der Waals surface area contributed by atoms with Crippen molar-refractivity contribution in [1.29, 1.82) is 0 Å². The highest BCUT2D eigenvalue weighted by Crippen LogP contribution is 2.32. The van der Waals surface area contributed by atoms with Crippen molar-refractivity contribution in [2.45, 2.75) is 5.22 Å². The Morgan fingerprint density at radius 3 is 2.53 bits per heavy atom. The lowest BCUT2D eigenvalue weighted by Gasteiger charge is -2.07. The van der Waals surface area contributed by atoms with Crippen LogP contribution < -0.4 is 5.32 Å². The fourth-order valence-electron chi connectivity index (χ4n) is 3.29. The first-order valence-corrected chi connectivity index (χ1v) is 11.1. The minimum absolute atomic E-state index is 0.138. The molecule has 7 nitrogen and oxygen atoms in total. The third kappa shape index (κ3) is 4.48. The van der Waals surface area contributed by atoms with Crippen molar-refractivity contribution < 1.29 is 18.0 Å². The average Bonchev–Trinajstić information content (AvgIpc) is 3.34. The quantitative estimate of drug-likeness (QED) is 0.331. The second-order valence-corrected chi connectivity index (χ2v) is 8.02. The van der Waals surface area contributed by atoms with Gasteiger partial charge >= 0.3 is 0 Å². The van der Waals surface area contributed by atoms with Crippen LogP contribution in [-0.2, 0) is 4.79 Å². The van der Waals surface area contributed by atoms with Crippen molar-refractivity contribution in [2.75, 3.05) is 11.1 Å². The summed E-state index contributed by atoms with van der Waals surface area (Å²) in [7, 11) is 0. The molecule has 10 heteroatoms. The van der Waals surface area contributed by atoms with E-state index in [1.807, 2.05) is 48.5 Å². The molecule has 0 aliphatic rings. The van der Waals surface area contributed by atoms with Gasteiger partial charge in [0.1, 0.15) is 17.3 Å². The van der Waals surface area contributed by atoms with E-state index in [1.54, 1.807) is 6.20 Å². The molecule has 2 aromatic carbocycles. The lowest BCUT2D eigenvalue weighted by Crippen LogP contribution is -2.16. The van der Waals surface area contributed by atoms with Gasteiger partial charge in [-0.3, -0.25) is 9.78 Å². The molecule has 0 bridgehead atoms. The van der Waals surface area contributed by atoms with Crippen molar-refractivity contribution >= 4 is 34.3 Å². The fraction of sp³-hybridized carbons (Fsp3) is 0.0417. The number of aromatic nitrogens is 4. The number of thioether (sulfide) groups is 1. The summed E-state index contributed by atoms with van der Waals surface area (Å²) in [5.41, 5.74) is 2.25. The zero-order valence-corrected chi connectivity index (χ0v) is 18.2. The van der Waals surface area contributed by atoms with Gasteiger partial charge in [-0.05, 0) is 36.4 Å². The topological polar surface area (TPSA) is 93.8 Å². The van der Waals surface area contributed by atoms with E-state index in [2.05, 4.69) is 25.5 Å². The van der Waals surface area contributed by atoms with Crippen molar-refractivity contribution in [1.82, 2.24) is 20.2 Å². The van der Waals surface area contributed by atoms with Crippen LogP contribution in [0, 0.1) is 11.6 Å². The molecule has 0 unspecified atom stereocenters. The van der Waals surface area contributed by atoms with Gasteiger partial charge in [-0.15, -0.1) is 10.2 Å². The van der Waals surface area contributed by atoms with E-state index in [4.69, 9.17) is 4.42 Å². The summed E-state index contributed by atoms with van der Waals surface area (Å²) < 4.78 is 33.3. The van der Waals surface area contributed by atoms with Gasteiger partial charge in [0.2, 0.25) is 11.8 Å². The molecule has 5 aromatic rings. The first-order valence-electron chi connectivity index (χ1n) is 10.1. The number of hydrogen-bond acceptors (Lipinski definition) is 7. The number of pyridine rings is 2. The van der Waals surface area contributed by atoms with Crippen LogP contribution in [0.4, 0.5) is 14.5 Å². The lowest BCUT2D eigenvalue weighted by atomic mass is 10.1. The monoisotopic (exact) mass is 475 g/mol. The first kappa shape index (κ1) is 21.7. The molecule has 0 spiro atoms. The second kappa shape index (κ2) is 9.36. The average molecular weight is 475 g/mol. The summed E-state index contributed by atoms with van der Waals surface area (Å²) in [6, 6.07) is 18.3. The number of hydrogen-bond donors (Lipinski definition) is 1. The number of rotatable bonds is 6. The summed E-state index contributed by atoms with van der Waals surface area (Å²) >= 11 is 0.956. The van der Waals surface area contributed by atoms with Gasteiger partial charge in [-0.25, -0.2) is 13.8 Å². The molecule has 0 saturated carbocycles. The number of benzene rings is 2. The van der Waals surface area contributed by atoms with Crippen molar-refractivity contribution in [2.24, 2.45) is 0 Å². The highest BCUT2D eigenvalue weighted by Gasteiger charge is 2.17. The lowest BCUT2D eigenvalue weighted by molar-refractivity contribution is -0.113. The maximum absolute atomic E-state index is 13.7. The van der Waals surface area contributed by atoms with E-state index in [0.717, 1.165) is 34.8 Å². The van der Waals surface area contributed by atoms with Crippen molar-refractivity contribution in [3.63, 3.8) is 0 Å².